The maximum atomic E-state index is 13.1. The second-order valence-corrected chi connectivity index (χ2v) is 9.39. The normalized spacial score (nSPS) is 17.7. The lowest BCUT2D eigenvalue weighted by molar-refractivity contribution is -0.132. The number of ether oxygens (including phenoxy) is 1. The molecule has 33 heavy (non-hydrogen) atoms. The van der Waals surface area contributed by atoms with Gasteiger partial charge in [0.15, 0.2) is 0 Å². The van der Waals surface area contributed by atoms with Gasteiger partial charge >= 0.3 is 0 Å². The van der Waals surface area contributed by atoms with Gasteiger partial charge in [-0.2, -0.15) is 0 Å². The smallest absolute Gasteiger partial charge is 0.300 e. The fourth-order valence-corrected chi connectivity index (χ4v) is 4.57. The first-order valence-corrected chi connectivity index (χ1v) is 11.5. The molecular weight excluding hydrogens is 438 g/mol. The molecular formula is C26H25NO5S. The molecule has 0 radical (unpaired) electrons. The number of benzene rings is 2. The van der Waals surface area contributed by atoms with Gasteiger partial charge in [-0.1, -0.05) is 26.0 Å². The van der Waals surface area contributed by atoms with E-state index in [2.05, 4.69) is 13.8 Å². The van der Waals surface area contributed by atoms with Crippen LogP contribution in [-0.2, 0) is 9.59 Å². The van der Waals surface area contributed by atoms with Crippen molar-refractivity contribution in [3.8, 4) is 11.5 Å². The number of aromatic hydroxyl groups is 1. The van der Waals surface area contributed by atoms with Crippen molar-refractivity contribution in [1.82, 2.24) is 0 Å². The minimum absolute atomic E-state index is 0.0146. The number of hydrogen-bond acceptors (Lipinski definition) is 6. The van der Waals surface area contributed by atoms with Gasteiger partial charge < -0.3 is 14.9 Å². The van der Waals surface area contributed by atoms with E-state index < -0.39 is 17.7 Å². The molecule has 1 aliphatic rings. The fourth-order valence-electron chi connectivity index (χ4n) is 3.75. The zero-order valence-corrected chi connectivity index (χ0v) is 19.4. The van der Waals surface area contributed by atoms with E-state index in [0.717, 1.165) is 5.56 Å². The number of phenols is 1. The highest BCUT2D eigenvalue weighted by Crippen LogP contribution is 2.46. The summed E-state index contributed by atoms with van der Waals surface area (Å²) in [6, 6.07) is 14.4. The molecule has 0 bridgehead atoms. The van der Waals surface area contributed by atoms with Crippen molar-refractivity contribution in [2.45, 2.75) is 26.8 Å². The van der Waals surface area contributed by atoms with Crippen LogP contribution in [0.5, 0.6) is 11.5 Å². The monoisotopic (exact) mass is 463 g/mol. The first kappa shape index (κ1) is 22.6. The van der Waals surface area contributed by atoms with E-state index in [-0.39, 0.29) is 22.8 Å². The predicted octanol–water partition coefficient (Wildman–Crippen LogP) is 5.42. The Bertz CT molecular complexity index is 1210. The SMILES string of the molecule is Cc1ccc(O)c(N2C(=O)C(=O)/C(=C(\O)c3ccc(OCC(C)C)cc3)C2c2cccs2)c1. The summed E-state index contributed by atoms with van der Waals surface area (Å²) in [5.41, 5.74) is 1.44. The van der Waals surface area contributed by atoms with Gasteiger partial charge in [-0.15, -0.1) is 11.3 Å². The molecule has 0 spiro atoms. The fraction of sp³-hybridized carbons (Fsp3) is 0.231. The Kier molecular flexibility index (Phi) is 6.24. The Morgan fingerprint density at radius 1 is 1.12 bits per heavy atom. The molecule has 1 aliphatic heterocycles. The Hall–Kier alpha value is -3.58. The van der Waals surface area contributed by atoms with Gasteiger partial charge in [0.2, 0.25) is 0 Å². The summed E-state index contributed by atoms with van der Waals surface area (Å²) in [6.45, 7) is 6.50. The van der Waals surface area contributed by atoms with Crippen LogP contribution >= 0.6 is 11.3 Å². The van der Waals surface area contributed by atoms with E-state index in [9.17, 15) is 19.8 Å². The second-order valence-electron chi connectivity index (χ2n) is 8.41. The number of anilines is 1. The standard InChI is InChI=1S/C26H25NO5S/c1-15(2)14-32-18-9-7-17(8-10-18)24(29)22-23(21-5-4-12-33-21)27(26(31)25(22)30)19-13-16(3)6-11-20(19)28/h4-13,15,23,28-29H,14H2,1-3H3/b24-22-. The number of carbonyl (C=O) groups is 2. The Morgan fingerprint density at radius 3 is 2.48 bits per heavy atom. The molecule has 3 aromatic rings. The number of thiophene rings is 1. The third-order valence-electron chi connectivity index (χ3n) is 5.36. The minimum atomic E-state index is -0.852. The van der Waals surface area contributed by atoms with Crippen molar-refractivity contribution >= 4 is 34.5 Å². The lowest BCUT2D eigenvalue weighted by Crippen LogP contribution is -2.29. The van der Waals surface area contributed by atoms with Crippen molar-refractivity contribution in [1.29, 1.82) is 0 Å². The molecule has 2 heterocycles. The zero-order valence-electron chi connectivity index (χ0n) is 18.6. The molecule has 4 rings (SSSR count). The molecule has 170 valence electrons. The van der Waals surface area contributed by atoms with Crippen LogP contribution in [0.2, 0.25) is 0 Å². The molecule has 1 fully saturated rings. The summed E-state index contributed by atoms with van der Waals surface area (Å²) in [7, 11) is 0. The first-order valence-electron chi connectivity index (χ1n) is 10.6. The van der Waals surface area contributed by atoms with Crippen molar-refractivity contribution in [2.24, 2.45) is 5.92 Å². The van der Waals surface area contributed by atoms with Crippen molar-refractivity contribution < 1.29 is 24.5 Å². The van der Waals surface area contributed by atoms with Crippen molar-refractivity contribution in [3.05, 3.63) is 81.6 Å². The molecule has 2 N–H and O–H groups in total. The third-order valence-corrected chi connectivity index (χ3v) is 6.28. The van der Waals surface area contributed by atoms with Crippen molar-refractivity contribution in [2.75, 3.05) is 11.5 Å². The number of carbonyl (C=O) groups excluding carboxylic acids is 2. The number of aliphatic hydroxyl groups is 1. The highest BCUT2D eigenvalue weighted by atomic mass is 32.1. The zero-order chi connectivity index (χ0) is 23.7. The first-order chi connectivity index (χ1) is 15.8. The van der Waals surface area contributed by atoms with E-state index in [4.69, 9.17) is 4.74 Å². The van der Waals surface area contributed by atoms with Crippen LogP contribution in [0.1, 0.15) is 35.9 Å². The molecule has 1 unspecified atom stereocenters. The molecule has 1 atom stereocenters. The molecule has 0 saturated carbocycles. The van der Waals surface area contributed by atoms with Crippen LogP contribution < -0.4 is 9.64 Å². The van der Waals surface area contributed by atoms with E-state index in [1.54, 1.807) is 42.5 Å². The second kappa shape index (κ2) is 9.11. The quantitative estimate of drug-likeness (QED) is 0.289. The summed E-state index contributed by atoms with van der Waals surface area (Å²) in [4.78, 5) is 28.2. The van der Waals surface area contributed by atoms with E-state index in [1.807, 2.05) is 18.4 Å². The van der Waals surface area contributed by atoms with Gasteiger partial charge in [0.1, 0.15) is 23.3 Å². The lowest BCUT2D eigenvalue weighted by atomic mass is 9.99. The van der Waals surface area contributed by atoms with Crippen LogP contribution in [0, 0.1) is 12.8 Å². The number of rotatable bonds is 6. The van der Waals surface area contributed by atoms with Gasteiger partial charge in [-0.3, -0.25) is 14.5 Å². The van der Waals surface area contributed by atoms with Gasteiger partial charge in [0.05, 0.1) is 17.9 Å². The molecule has 1 saturated heterocycles. The van der Waals surface area contributed by atoms with Crippen molar-refractivity contribution in [3.63, 3.8) is 0 Å². The number of aliphatic hydroxyl groups excluding tert-OH is 1. The highest BCUT2D eigenvalue weighted by Gasteiger charge is 2.48. The summed E-state index contributed by atoms with van der Waals surface area (Å²) < 4.78 is 5.69. The molecule has 2 aromatic carbocycles. The summed E-state index contributed by atoms with van der Waals surface area (Å²) in [5, 5.41) is 23.5. The van der Waals surface area contributed by atoms with Gasteiger partial charge in [0.25, 0.3) is 11.7 Å². The molecule has 1 amide bonds. The maximum absolute atomic E-state index is 13.1. The average molecular weight is 464 g/mol. The minimum Gasteiger partial charge on any atom is -0.507 e. The largest absolute Gasteiger partial charge is 0.507 e. The topological polar surface area (TPSA) is 87.1 Å². The van der Waals surface area contributed by atoms with Crippen LogP contribution in [0.25, 0.3) is 5.76 Å². The predicted molar refractivity (Wildman–Crippen MR) is 129 cm³/mol. The average Bonchev–Trinajstić information content (AvgIpc) is 3.41. The van der Waals surface area contributed by atoms with E-state index in [1.165, 1.54) is 22.3 Å². The Morgan fingerprint density at radius 2 is 1.85 bits per heavy atom. The van der Waals surface area contributed by atoms with Crippen LogP contribution in [0.4, 0.5) is 5.69 Å². The number of aryl methyl sites for hydroxylation is 1. The highest BCUT2D eigenvalue weighted by molar-refractivity contribution is 7.10. The van der Waals surface area contributed by atoms with Gasteiger partial charge in [-0.05, 0) is 66.2 Å². The van der Waals surface area contributed by atoms with E-state index >= 15 is 0 Å². The summed E-state index contributed by atoms with van der Waals surface area (Å²) >= 11 is 1.37. The number of Topliss-reactive ketones (excluding diaryl/α,β-unsaturated/α-hetero) is 1. The summed E-state index contributed by atoms with van der Waals surface area (Å²) in [5.74, 6) is -0.953. The number of phenolic OH excluding ortho intramolecular Hbond substituents is 1. The van der Waals surface area contributed by atoms with Gasteiger partial charge in [-0.25, -0.2) is 0 Å². The maximum Gasteiger partial charge on any atom is 0.300 e. The van der Waals surface area contributed by atoms with Crippen LogP contribution in [-0.4, -0.2) is 28.5 Å². The summed E-state index contributed by atoms with van der Waals surface area (Å²) in [6.07, 6.45) is 0. The third kappa shape index (κ3) is 4.36. The van der Waals surface area contributed by atoms with Crippen LogP contribution in [0.15, 0.2) is 65.6 Å². The number of amides is 1. The molecule has 0 aliphatic carbocycles. The molecule has 7 heteroatoms. The molecule has 1 aromatic heterocycles. The number of hydrogen-bond donors (Lipinski definition) is 2. The molecule has 6 nitrogen and oxygen atoms in total. The van der Waals surface area contributed by atoms with Crippen LogP contribution in [0.3, 0.4) is 0 Å². The van der Waals surface area contributed by atoms with E-state index in [0.29, 0.717) is 28.7 Å². The Balaban J connectivity index is 1.81. The number of ketones is 1. The number of nitrogens with zero attached hydrogens (tertiary/aromatic N) is 1. The van der Waals surface area contributed by atoms with Gasteiger partial charge in [0, 0.05) is 10.4 Å². The Labute approximate surface area is 196 Å². The lowest BCUT2D eigenvalue weighted by Gasteiger charge is -2.25.